The van der Waals surface area contributed by atoms with E-state index in [1.807, 2.05) is 0 Å². The topological polar surface area (TPSA) is 91.4 Å². The zero-order valence-corrected chi connectivity index (χ0v) is 12.1. The summed E-state index contributed by atoms with van der Waals surface area (Å²) >= 11 is 0. The molecule has 1 aliphatic heterocycles. The Morgan fingerprint density at radius 2 is 2.10 bits per heavy atom. The first-order valence-corrected chi connectivity index (χ1v) is 8.22. The molecule has 2 N–H and O–H groups in total. The Morgan fingerprint density at radius 3 is 2.75 bits per heavy atom. The lowest BCUT2D eigenvalue weighted by atomic mass is 10.1. The van der Waals surface area contributed by atoms with E-state index >= 15 is 0 Å². The van der Waals surface area contributed by atoms with Crippen LogP contribution in [-0.2, 0) is 10.0 Å². The molecule has 1 aromatic heterocycles. The molecular weight excluding hydrogens is 280 g/mol. The van der Waals surface area contributed by atoms with E-state index in [4.69, 9.17) is 0 Å². The average molecular weight is 298 g/mol. The number of amides is 2. The molecule has 1 atom stereocenters. The van der Waals surface area contributed by atoms with Gasteiger partial charge in [-0.05, 0) is 25.0 Å². The van der Waals surface area contributed by atoms with Gasteiger partial charge in [-0.25, -0.2) is 17.5 Å². The second-order valence-corrected chi connectivity index (χ2v) is 6.78. The summed E-state index contributed by atoms with van der Waals surface area (Å²) in [6, 6.07) is 2.86. The molecule has 0 radical (unpaired) electrons. The predicted molar refractivity (Wildman–Crippen MR) is 75.8 cm³/mol. The van der Waals surface area contributed by atoms with Gasteiger partial charge in [-0.15, -0.1) is 0 Å². The highest BCUT2D eigenvalue weighted by atomic mass is 32.2. The van der Waals surface area contributed by atoms with Gasteiger partial charge in [0.15, 0.2) is 0 Å². The number of anilines is 1. The number of nitrogens with one attached hydrogen (secondary N) is 2. The van der Waals surface area contributed by atoms with Gasteiger partial charge >= 0.3 is 6.03 Å². The first kappa shape index (κ1) is 14.7. The van der Waals surface area contributed by atoms with Gasteiger partial charge in [0.2, 0.25) is 10.0 Å². The molecule has 0 bridgehead atoms. The highest BCUT2D eigenvalue weighted by Crippen LogP contribution is 2.13. The standard InChI is InChI=1S/C12H18N4O3S/c1-20(18,19)16-8-2-3-11(9-16)15-12(17)14-10-4-6-13-7-5-10/h4-7,11H,2-3,8-9H2,1H3,(H2,13,14,15,17). The number of sulfonamides is 1. The number of carbonyl (C=O) groups is 1. The smallest absolute Gasteiger partial charge is 0.319 e. The summed E-state index contributed by atoms with van der Waals surface area (Å²) in [5.74, 6) is 0. The molecule has 0 aromatic carbocycles. The molecule has 2 heterocycles. The SMILES string of the molecule is CS(=O)(=O)N1CCCC(NC(=O)Nc2ccncc2)C1. The Balaban J connectivity index is 1.88. The Labute approximate surface area is 118 Å². The van der Waals surface area contributed by atoms with Crippen LogP contribution >= 0.6 is 0 Å². The van der Waals surface area contributed by atoms with E-state index < -0.39 is 10.0 Å². The quantitative estimate of drug-likeness (QED) is 0.856. The zero-order chi connectivity index (χ0) is 14.6. The third-order valence-corrected chi connectivity index (χ3v) is 4.40. The highest BCUT2D eigenvalue weighted by Gasteiger charge is 2.26. The maximum absolute atomic E-state index is 11.8. The second-order valence-electron chi connectivity index (χ2n) is 4.79. The average Bonchev–Trinajstić information content (AvgIpc) is 2.39. The fraction of sp³-hybridized carbons (Fsp3) is 0.500. The van der Waals surface area contributed by atoms with Crippen LogP contribution in [0.25, 0.3) is 0 Å². The minimum absolute atomic E-state index is 0.166. The summed E-state index contributed by atoms with van der Waals surface area (Å²) in [6.45, 7) is 0.839. The van der Waals surface area contributed by atoms with E-state index in [1.165, 1.54) is 10.6 Å². The minimum Gasteiger partial charge on any atom is -0.334 e. The van der Waals surface area contributed by atoms with E-state index in [2.05, 4.69) is 15.6 Å². The van der Waals surface area contributed by atoms with Crippen LogP contribution in [0.3, 0.4) is 0 Å². The Hall–Kier alpha value is -1.67. The number of hydrogen-bond acceptors (Lipinski definition) is 4. The number of urea groups is 1. The Kier molecular flexibility index (Phi) is 4.56. The van der Waals surface area contributed by atoms with Gasteiger partial charge in [0.1, 0.15) is 0 Å². The van der Waals surface area contributed by atoms with Crippen molar-refractivity contribution in [3.8, 4) is 0 Å². The molecule has 1 unspecified atom stereocenters. The molecule has 7 nitrogen and oxygen atoms in total. The molecule has 1 saturated heterocycles. The highest BCUT2D eigenvalue weighted by molar-refractivity contribution is 7.88. The first-order chi connectivity index (χ1) is 9.45. The number of aromatic nitrogens is 1. The fourth-order valence-corrected chi connectivity index (χ4v) is 3.06. The summed E-state index contributed by atoms with van der Waals surface area (Å²) in [7, 11) is -3.20. The van der Waals surface area contributed by atoms with Crippen molar-refractivity contribution >= 4 is 21.7 Å². The van der Waals surface area contributed by atoms with Crippen molar-refractivity contribution in [3.63, 3.8) is 0 Å². The second kappa shape index (κ2) is 6.19. The number of piperidine rings is 1. The molecule has 0 spiro atoms. The van der Waals surface area contributed by atoms with Crippen molar-refractivity contribution in [2.24, 2.45) is 0 Å². The van der Waals surface area contributed by atoms with E-state index in [0.29, 0.717) is 18.8 Å². The van der Waals surface area contributed by atoms with Crippen LogP contribution < -0.4 is 10.6 Å². The normalized spacial score (nSPS) is 20.4. The van der Waals surface area contributed by atoms with Crippen LogP contribution in [0.15, 0.2) is 24.5 Å². The summed E-state index contributed by atoms with van der Waals surface area (Å²) in [5.41, 5.74) is 0.647. The first-order valence-electron chi connectivity index (χ1n) is 6.38. The summed E-state index contributed by atoms with van der Waals surface area (Å²) in [6.07, 6.45) is 5.87. The number of rotatable bonds is 3. The molecule has 0 saturated carbocycles. The summed E-state index contributed by atoms with van der Waals surface area (Å²) < 4.78 is 24.4. The molecule has 0 aliphatic carbocycles. The molecule has 8 heteroatoms. The van der Waals surface area contributed by atoms with Crippen molar-refractivity contribution < 1.29 is 13.2 Å². The molecular formula is C12H18N4O3S. The number of pyridine rings is 1. The molecule has 1 aliphatic rings. The van der Waals surface area contributed by atoms with Crippen LogP contribution in [-0.4, -0.2) is 49.1 Å². The molecule has 2 rings (SSSR count). The van der Waals surface area contributed by atoms with Gasteiger partial charge in [-0.3, -0.25) is 4.98 Å². The minimum atomic E-state index is -3.20. The zero-order valence-electron chi connectivity index (χ0n) is 11.2. The molecule has 110 valence electrons. The van der Waals surface area contributed by atoms with Crippen LogP contribution in [0.4, 0.5) is 10.5 Å². The predicted octanol–water partition coefficient (Wildman–Crippen LogP) is 0.627. The lowest BCUT2D eigenvalue weighted by Gasteiger charge is -2.31. The van der Waals surface area contributed by atoms with Gasteiger partial charge in [0.05, 0.1) is 6.26 Å². The third-order valence-electron chi connectivity index (χ3n) is 3.13. The molecule has 1 aromatic rings. The Morgan fingerprint density at radius 1 is 1.40 bits per heavy atom. The van der Waals surface area contributed by atoms with Crippen molar-refractivity contribution in [2.75, 3.05) is 24.7 Å². The van der Waals surface area contributed by atoms with Crippen LogP contribution in [0.2, 0.25) is 0 Å². The van der Waals surface area contributed by atoms with Gasteiger partial charge in [0.25, 0.3) is 0 Å². The fourth-order valence-electron chi connectivity index (χ4n) is 2.15. The van der Waals surface area contributed by atoms with Crippen LogP contribution in [0.5, 0.6) is 0 Å². The van der Waals surface area contributed by atoms with Crippen molar-refractivity contribution in [3.05, 3.63) is 24.5 Å². The Bertz CT molecular complexity index is 561. The van der Waals surface area contributed by atoms with Crippen molar-refractivity contribution in [2.45, 2.75) is 18.9 Å². The van der Waals surface area contributed by atoms with Crippen LogP contribution in [0.1, 0.15) is 12.8 Å². The maximum Gasteiger partial charge on any atom is 0.319 e. The number of carbonyl (C=O) groups excluding carboxylic acids is 1. The van der Waals surface area contributed by atoms with Crippen LogP contribution in [0, 0.1) is 0 Å². The largest absolute Gasteiger partial charge is 0.334 e. The molecule has 1 fully saturated rings. The number of nitrogens with zero attached hydrogens (tertiary/aromatic N) is 2. The molecule has 2 amide bonds. The van der Waals surface area contributed by atoms with E-state index in [9.17, 15) is 13.2 Å². The lowest BCUT2D eigenvalue weighted by molar-refractivity contribution is 0.236. The van der Waals surface area contributed by atoms with Gasteiger partial charge in [0, 0.05) is 37.2 Å². The van der Waals surface area contributed by atoms with E-state index in [-0.39, 0.29) is 12.1 Å². The monoisotopic (exact) mass is 298 g/mol. The van der Waals surface area contributed by atoms with Gasteiger partial charge in [-0.1, -0.05) is 0 Å². The lowest BCUT2D eigenvalue weighted by Crippen LogP contribution is -2.50. The van der Waals surface area contributed by atoms with Gasteiger partial charge in [-0.2, -0.15) is 0 Å². The molecule has 20 heavy (non-hydrogen) atoms. The van der Waals surface area contributed by atoms with Crippen molar-refractivity contribution in [1.82, 2.24) is 14.6 Å². The maximum atomic E-state index is 11.8. The van der Waals surface area contributed by atoms with Gasteiger partial charge < -0.3 is 10.6 Å². The third kappa shape index (κ3) is 4.17. The van der Waals surface area contributed by atoms with E-state index in [1.54, 1.807) is 24.5 Å². The summed E-state index contributed by atoms with van der Waals surface area (Å²) in [5, 5.41) is 5.48. The number of hydrogen-bond donors (Lipinski definition) is 2. The summed E-state index contributed by atoms with van der Waals surface area (Å²) in [4.78, 5) is 15.7. The van der Waals surface area contributed by atoms with Crippen molar-refractivity contribution in [1.29, 1.82) is 0 Å². The van der Waals surface area contributed by atoms with E-state index in [0.717, 1.165) is 12.8 Å².